The molecule has 0 N–H and O–H groups in total. The van der Waals surface area contributed by atoms with Crippen molar-refractivity contribution in [1.82, 2.24) is 0 Å². The Balaban J connectivity index is 3.60. The number of benzene rings is 1. The summed E-state index contributed by atoms with van der Waals surface area (Å²) in [5.74, 6) is 0.936. The molecule has 134 valence electrons. The van der Waals surface area contributed by atoms with Crippen LogP contribution in [0.25, 0.3) is 0 Å². The summed E-state index contributed by atoms with van der Waals surface area (Å²) in [5, 5.41) is 0. The second-order valence-corrected chi connectivity index (χ2v) is 9.54. The number of hydrogen-bond acceptors (Lipinski definition) is 1. The van der Waals surface area contributed by atoms with E-state index in [2.05, 4.69) is 99.6 Å². The van der Waals surface area contributed by atoms with E-state index in [0.717, 1.165) is 5.71 Å². The van der Waals surface area contributed by atoms with Crippen LogP contribution in [0.4, 0.5) is 5.69 Å². The molecule has 0 radical (unpaired) electrons. The van der Waals surface area contributed by atoms with Gasteiger partial charge in [0.05, 0.1) is 5.69 Å². The van der Waals surface area contributed by atoms with Gasteiger partial charge in [0.25, 0.3) is 0 Å². The molecule has 0 bridgehead atoms. The molecule has 1 rings (SSSR count). The van der Waals surface area contributed by atoms with E-state index < -0.39 is 0 Å². The van der Waals surface area contributed by atoms with Crippen molar-refractivity contribution in [3.05, 3.63) is 41.5 Å². The zero-order valence-electron chi connectivity index (χ0n) is 17.5. The number of nitrogens with zero attached hydrogens (tertiary/aromatic N) is 1. The van der Waals surface area contributed by atoms with Crippen LogP contribution in [0.15, 0.2) is 35.3 Å². The highest BCUT2D eigenvalue weighted by atomic mass is 14.8. The normalized spacial score (nSPS) is 14.2. The first-order chi connectivity index (χ1) is 10.8. The van der Waals surface area contributed by atoms with Gasteiger partial charge in [0.2, 0.25) is 0 Å². The van der Waals surface area contributed by atoms with E-state index >= 15 is 0 Å². The summed E-state index contributed by atoms with van der Waals surface area (Å²) in [5.41, 5.74) is 5.17. The van der Waals surface area contributed by atoms with Gasteiger partial charge in [-0.2, -0.15) is 0 Å². The predicted octanol–water partition coefficient (Wildman–Crippen LogP) is 7.65. The lowest BCUT2D eigenvalue weighted by Crippen LogP contribution is -2.19. The molecule has 0 atom stereocenters. The molecule has 0 spiro atoms. The fraction of sp³-hybridized carbons (Fsp3) is 0.609. The zero-order valence-corrected chi connectivity index (χ0v) is 17.5. The van der Waals surface area contributed by atoms with Gasteiger partial charge in [0, 0.05) is 11.1 Å². The van der Waals surface area contributed by atoms with Crippen molar-refractivity contribution in [2.45, 2.75) is 81.1 Å². The lowest BCUT2D eigenvalue weighted by molar-refractivity contribution is 0.542. The summed E-state index contributed by atoms with van der Waals surface area (Å²) in [4.78, 5) is 5.21. The Kier molecular flexibility index (Phi) is 6.61. The highest BCUT2D eigenvalue weighted by molar-refractivity contribution is 6.01. The van der Waals surface area contributed by atoms with E-state index in [-0.39, 0.29) is 10.8 Å². The lowest BCUT2D eigenvalue weighted by atomic mass is 9.86. The van der Waals surface area contributed by atoms with Crippen LogP contribution in [-0.2, 0) is 0 Å². The van der Waals surface area contributed by atoms with Gasteiger partial charge in [-0.3, -0.25) is 4.99 Å². The molecule has 1 aromatic rings. The van der Waals surface area contributed by atoms with E-state index in [9.17, 15) is 0 Å². The Labute approximate surface area is 150 Å². The van der Waals surface area contributed by atoms with E-state index in [0.29, 0.717) is 11.8 Å². The SMILES string of the molecule is CC(C)c1cccc(C(C)C)c1N=C(/C=C/C(C)(C)C)C(C)(C)C. The van der Waals surface area contributed by atoms with Crippen molar-refractivity contribution in [3.8, 4) is 0 Å². The van der Waals surface area contributed by atoms with Crippen LogP contribution in [0.3, 0.4) is 0 Å². The molecule has 0 fully saturated rings. The number of para-hydroxylation sites is 1. The average molecular weight is 328 g/mol. The smallest absolute Gasteiger partial charge is 0.0702 e. The van der Waals surface area contributed by atoms with Gasteiger partial charge in [-0.15, -0.1) is 0 Å². The van der Waals surface area contributed by atoms with Crippen molar-refractivity contribution in [3.63, 3.8) is 0 Å². The molecule has 0 aromatic heterocycles. The minimum atomic E-state index is 0.0140. The van der Waals surface area contributed by atoms with Crippen LogP contribution < -0.4 is 0 Å². The summed E-state index contributed by atoms with van der Waals surface area (Å²) in [6.45, 7) is 22.4. The van der Waals surface area contributed by atoms with Gasteiger partial charge < -0.3 is 0 Å². The summed E-state index contributed by atoms with van der Waals surface area (Å²) in [7, 11) is 0. The monoisotopic (exact) mass is 327 g/mol. The first-order valence-electron chi connectivity index (χ1n) is 9.24. The van der Waals surface area contributed by atoms with E-state index in [4.69, 9.17) is 4.99 Å². The second-order valence-electron chi connectivity index (χ2n) is 9.54. The van der Waals surface area contributed by atoms with Crippen molar-refractivity contribution in [1.29, 1.82) is 0 Å². The Morgan fingerprint density at radius 2 is 1.33 bits per heavy atom. The number of hydrogen-bond donors (Lipinski definition) is 0. The predicted molar refractivity (Wildman–Crippen MR) is 110 cm³/mol. The maximum atomic E-state index is 5.21. The van der Waals surface area contributed by atoms with Crippen molar-refractivity contribution >= 4 is 11.4 Å². The van der Waals surface area contributed by atoms with E-state index in [1.165, 1.54) is 16.8 Å². The molecule has 1 aromatic carbocycles. The van der Waals surface area contributed by atoms with Gasteiger partial charge in [-0.25, -0.2) is 0 Å². The van der Waals surface area contributed by atoms with Crippen LogP contribution >= 0.6 is 0 Å². The molecule has 0 aliphatic carbocycles. The summed E-state index contributed by atoms with van der Waals surface area (Å²) >= 11 is 0. The quantitative estimate of drug-likeness (QED) is 0.503. The van der Waals surface area contributed by atoms with Gasteiger partial charge in [0.15, 0.2) is 0 Å². The number of rotatable bonds is 4. The Morgan fingerprint density at radius 1 is 0.875 bits per heavy atom. The molecule has 0 saturated carbocycles. The molecule has 0 saturated heterocycles. The van der Waals surface area contributed by atoms with Gasteiger partial charge in [0.1, 0.15) is 0 Å². The highest BCUT2D eigenvalue weighted by Gasteiger charge is 2.20. The second kappa shape index (κ2) is 7.68. The van der Waals surface area contributed by atoms with Crippen LogP contribution in [0.5, 0.6) is 0 Å². The summed E-state index contributed by atoms with van der Waals surface area (Å²) < 4.78 is 0. The minimum Gasteiger partial charge on any atom is -0.252 e. The standard InChI is InChI=1S/C23H37N/c1-16(2)18-12-11-13-19(17(3)4)21(18)24-20(23(8,9)10)14-15-22(5,6)7/h11-17H,1-10H3/b15-14+,24-20?. The average Bonchev–Trinajstić information content (AvgIpc) is 2.40. The Hall–Kier alpha value is -1.37. The molecule has 1 heteroatoms. The Morgan fingerprint density at radius 3 is 1.67 bits per heavy atom. The molecular formula is C23H37N. The first-order valence-corrected chi connectivity index (χ1v) is 9.24. The Bertz CT molecular complexity index is 576. The van der Waals surface area contributed by atoms with Crippen LogP contribution in [0, 0.1) is 10.8 Å². The zero-order chi connectivity index (χ0) is 18.7. The fourth-order valence-corrected chi connectivity index (χ4v) is 2.55. The fourth-order valence-electron chi connectivity index (χ4n) is 2.55. The van der Waals surface area contributed by atoms with Crippen LogP contribution in [0.1, 0.15) is 92.2 Å². The molecule has 0 heterocycles. The topological polar surface area (TPSA) is 12.4 Å². The molecule has 1 nitrogen and oxygen atoms in total. The van der Waals surface area contributed by atoms with Crippen molar-refractivity contribution in [2.24, 2.45) is 15.8 Å². The van der Waals surface area contributed by atoms with Crippen LogP contribution in [0.2, 0.25) is 0 Å². The van der Waals surface area contributed by atoms with E-state index in [1.807, 2.05) is 0 Å². The summed E-state index contributed by atoms with van der Waals surface area (Å²) in [6, 6.07) is 6.62. The third-order valence-electron chi connectivity index (χ3n) is 4.08. The van der Waals surface area contributed by atoms with E-state index in [1.54, 1.807) is 0 Å². The molecule has 0 unspecified atom stereocenters. The molecule has 0 amide bonds. The number of aliphatic imine (C=N–C) groups is 1. The van der Waals surface area contributed by atoms with Gasteiger partial charge in [-0.1, -0.05) is 93.5 Å². The molecule has 0 aliphatic heterocycles. The maximum absolute atomic E-state index is 5.21. The van der Waals surface area contributed by atoms with Crippen molar-refractivity contribution < 1.29 is 0 Å². The maximum Gasteiger partial charge on any atom is 0.0702 e. The minimum absolute atomic E-state index is 0.0140. The molecule has 24 heavy (non-hydrogen) atoms. The number of allylic oxidation sites excluding steroid dienone is 2. The molecular weight excluding hydrogens is 290 g/mol. The third-order valence-corrected chi connectivity index (χ3v) is 4.08. The first kappa shape index (κ1) is 20.7. The van der Waals surface area contributed by atoms with Gasteiger partial charge in [-0.05, 0) is 34.5 Å². The largest absolute Gasteiger partial charge is 0.252 e. The van der Waals surface area contributed by atoms with Crippen LogP contribution in [-0.4, -0.2) is 5.71 Å². The third kappa shape index (κ3) is 5.92. The molecule has 0 aliphatic rings. The van der Waals surface area contributed by atoms with Gasteiger partial charge >= 0.3 is 0 Å². The summed E-state index contributed by atoms with van der Waals surface area (Å²) in [6.07, 6.45) is 4.49. The van der Waals surface area contributed by atoms with Crippen molar-refractivity contribution in [2.75, 3.05) is 0 Å². The highest BCUT2D eigenvalue weighted by Crippen LogP contribution is 2.36. The lowest BCUT2D eigenvalue weighted by Gasteiger charge is -2.23.